The summed E-state index contributed by atoms with van der Waals surface area (Å²) >= 11 is 3.41. The van der Waals surface area contributed by atoms with Gasteiger partial charge in [0.1, 0.15) is 17.2 Å². The minimum atomic E-state index is -0.901. The molecule has 28 heavy (non-hydrogen) atoms. The summed E-state index contributed by atoms with van der Waals surface area (Å²) in [6, 6.07) is 9.49. The van der Waals surface area contributed by atoms with Gasteiger partial charge in [0.15, 0.2) is 0 Å². The number of benzene rings is 1. The first-order valence-corrected chi connectivity index (χ1v) is 10.4. The Kier molecular flexibility index (Phi) is 5.72. The zero-order valence-electron chi connectivity index (χ0n) is 16.5. The van der Waals surface area contributed by atoms with Crippen molar-refractivity contribution in [1.29, 1.82) is 5.26 Å². The zero-order chi connectivity index (χ0) is 20.5. The average molecular weight is 448 g/mol. The van der Waals surface area contributed by atoms with Gasteiger partial charge in [-0.2, -0.15) is 5.26 Å². The van der Waals surface area contributed by atoms with Gasteiger partial charge in [0.25, 0.3) is 0 Å². The molecule has 0 aromatic heterocycles. The van der Waals surface area contributed by atoms with E-state index in [1.807, 2.05) is 45.0 Å². The highest BCUT2D eigenvalue weighted by atomic mass is 79.9. The van der Waals surface area contributed by atoms with Gasteiger partial charge in [-0.1, -0.05) is 28.1 Å². The summed E-state index contributed by atoms with van der Waals surface area (Å²) in [5.41, 5.74) is -0.494. The van der Waals surface area contributed by atoms with E-state index in [1.54, 1.807) is 0 Å². The third-order valence-electron chi connectivity index (χ3n) is 5.21. The van der Waals surface area contributed by atoms with Gasteiger partial charge in [-0.15, -0.1) is 0 Å². The highest BCUT2D eigenvalue weighted by Gasteiger charge is 2.57. The molecule has 2 amide bonds. The van der Waals surface area contributed by atoms with Crippen LogP contribution in [0.2, 0.25) is 0 Å². The standard InChI is InChI=1S/C21H26BrN3O3/c1-20(2,3)28-19(27)25-11-5-4-6-17(25)18(26)24-21(13-23)12-16(21)14-7-9-15(22)10-8-14/h7-10,16-17H,4-6,11-12H2,1-3H3,(H,24,26)/t16-,17-,21+/m0/s1. The molecule has 1 aromatic rings. The second-order valence-corrected chi connectivity index (χ2v) is 9.48. The van der Waals surface area contributed by atoms with E-state index in [9.17, 15) is 14.9 Å². The number of rotatable bonds is 3. The van der Waals surface area contributed by atoms with Gasteiger partial charge in [0, 0.05) is 16.9 Å². The highest BCUT2D eigenvalue weighted by Crippen LogP contribution is 2.51. The molecule has 0 spiro atoms. The van der Waals surface area contributed by atoms with Crippen molar-refractivity contribution in [3.63, 3.8) is 0 Å². The van der Waals surface area contributed by atoms with Gasteiger partial charge in [0.2, 0.25) is 5.91 Å². The Morgan fingerprint density at radius 1 is 1.29 bits per heavy atom. The molecule has 3 rings (SSSR count). The summed E-state index contributed by atoms with van der Waals surface area (Å²) in [7, 11) is 0. The second kappa shape index (κ2) is 7.75. The van der Waals surface area contributed by atoms with E-state index in [0.29, 0.717) is 19.4 Å². The number of carbonyl (C=O) groups is 2. The van der Waals surface area contributed by atoms with Crippen LogP contribution in [-0.4, -0.2) is 40.6 Å². The number of carbonyl (C=O) groups excluding carboxylic acids is 2. The molecule has 1 heterocycles. The smallest absolute Gasteiger partial charge is 0.410 e. The van der Waals surface area contributed by atoms with Gasteiger partial charge >= 0.3 is 6.09 Å². The van der Waals surface area contributed by atoms with Crippen molar-refractivity contribution in [2.75, 3.05) is 6.54 Å². The lowest BCUT2D eigenvalue weighted by molar-refractivity contribution is -0.128. The third kappa shape index (κ3) is 4.49. The van der Waals surface area contributed by atoms with Gasteiger partial charge < -0.3 is 10.1 Å². The average Bonchev–Trinajstić information content (AvgIpc) is 3.35. The van der Waals surface area contributed by atoms with E-state index < -0.39 is 23.3 Å². The number of nitrogens with zero attached hydrogens (tertiary/aromatic N) is 2. The molecule has 0 radical (unpaired) electrons. The van der Waals surface area contributed by atoms with Gasteiger partial charge in [0.05, 0.1) is 6.07 Å². The Balaban J connectivity index is 1.70. The Labute approximate surface area is 174 Å². The summed E-state index contributed by atoms with van der Waals surface area (Å²) < 4.78 is 6.44. The van der Waals surface area contributed by atoms with Crippen LogP contribution < -0.4 is 5.32 Å². The molecule has 3 atom stereocenters. The van der Waals surface area contributed by atoms with E-state index in [0.717, 1.165) is 22.9 Å². The summed E-state index contributed by atoms with van der Waals surface area (Å²) in [5, 5.41) is 12.7. The minimum absolute atomic E-state index is 0.0342. The normalized spacial score (nSPS) is 26.9. The molecule has 150 valence electrons. The van der Waals surface area contributed by atoms with Crippen molar-refractivity contribution >= 4 is 27.9 Å². The number of nitriles is 1. The predicted molar refractivity (Wildman–Crippen MR) is 109 cm³/mol. The lowest BCUT2D eigenvalue weighted by atomic mass is 10.0. The number of piperidine rings is 1. The number of ether oxygens (including phenoxy) is 1. The SMILES string of the molecule is CC(C)(C)OC(=O)N1CCCC[C@H]1C(=O)N[C@@]1(C#N)C[C@H]1c1ccc(Br)cc1. The molecule has 1 saturated carbocycles. The zero-order valence-corrected chi connectivity index (χ0v) is 18.1. The van der Waals surface area contributed by atoms with Gasteiger partial charge in [-0.05, 0) is 64.2 Å². The van der Waals surface area contributed by atoms with Gasteiger partial charge in [-0.25, -0.2) is 4.79 Å². The van der Waals surface area contributed by atoms with Crippen molar-refractivity contribution in [2.24, 2.45) is 0 Å². The van der Waals surface area contributed by atoms with Crippen LogP contribution in [0.1, 0.15) is 57.9 Å². The number of halogens is 1. The van der Waals surface area contributed by atoms with E-state index >= 15 is 0 Å². The molecule has 0 unspecified atom stereocenters. The maximum absolute atomic E-state index is 13.0. The Morgan fingerprint density at radius 3 is 2.57 bits per heavy atom. The molecule has 1 N–H and O–H groups in total. The molecular formula is C21H26BrN3O3. The monoisotopic (exact) mass is 447 g/mol. The number of amides is 2. The first kappa shape index (κ1) is 20.7. The maximum atomic E-state index is 13.0. The predicted octanol–water partition coefficient (Wildman–Crippen LogP) is 4.10. The first-order chi connectivity index (χ1) is 13.1. The molecule has 7 heteroatoms. The van der Waals surface area contributed by atoms with Crippen LogP contribution in [0.3, 0.4) is 0 Å². The van der Waals surface area contributed by atoms with Crippen LogP contribution in [0.4, 0.5) is 4.79 Å². The Morgan fingerprint density at radius 2 is 1.96 bits per heavy atom. The van der Waals surface area contributed by atoms with Crippen LogP contribution in [0.5, 0.6) is 0 Å². The molecule has 2 aliphatic rings. The van der Waals surface area contributed by atoms with Crippen LogP contribution in [0, 0.1) is 11.3 Å². The largest absolute Gasteiger partial charge is 0.444 e. The van der Waals surface area contributed by atoms with Crippen molar-refractivity contribution in [2.45, 2.75) is 69.6 Å². The topological polar surface area (TPSA) is 82.4 Å². The quantitative estimate of drug-likeness (QED) is 0.755. The molecule has 1 saturated heterocycles. The van der Waals surface area contributed by atoms with Crippen LogP contribution in [0.25, 0.3) is 0 Å². The molecule has 6 nitrogen and oxygen atoms in total. The Hall–Kier alpha value is -2.07. The summed E-state index contributed by atoms with van der Waals surface area (Å²) in [4.78, 5) is 27.1. The molecule has 2 fully saturated rings. The molecule has 1 aliphatic carbocycles. The fourth-order valence-electron chi connectivity index (χ4n) is 3.70. The fraction of sp³-hybridized carbons (Fsp3) is 0.571. The first-order valence-electron chi connectivity index (χ1n) is 9.63. The molecular weight excluding hydrogens is 422 g/mol. The summed E-state index contributed by atoms with van der Waals surface area (Å²) in [5.74, 6) is -0.306. The fourth-order valence-corrected chi connectivity index (χ4v) is 3.96. The second-order valence-electron chi connectivity index (χ2n) is 8.57. The number of hydrogen-bond donors (Lipinski definition) is 1. The number of hydrogen-bond acceptors (Lipinski definition) is 4. The molecule has 0 bridgehead atoms. The minimum Gasteiger partial charge on any atom is -0.444 e. The lowest BCUT2D eigenvalue weighted by Gasteiger charge is -2.36. The van der Waals surface area contributed by atoms with E-state index in [4.69, 9.17) is 4.74 Å². The maximum Gasteiger partial charge on any atom is 0.410 e. The van der Waals surface area contributed by atoms with Crippen molar-refractivity contribution in [3.05, 3.63) is 34.3 Å². The van der Waals surface area contributed by atoms with Crippen LogP contribution >= 0.6 is 15.9 Å². The molecule has 1 aromatic carbocycles. The third-order valence-corrected chi connectivity index (χ3v) is 5.74. The molecule has 1 aliphatic heterocycles. The van der Waals surface area contributed by atoms with Crippen molar-refractivity contribution < 1.29 is 14.3 Å². The summed E-state index contributed by atoms with van der Waals surface area (Å²) in [6.45, 7) is 5.91. The summed E-state index contributed by atoms with van der Waals surface area (Å²) in [6.07, 6.45) is 2.39. The highest BCUT2D eigenvalue weighted by molar-refractivity contribution is 9.10. The van der Waals surface area contributed by atoms with Crippen LogP contribution in [0.15, 0.2) is 28.7 Å². The van der Waals surface area contributed by atoms with E-state index in [-0.39, 0.29) is 11.8 Å². The van der Waals surface area contributed by atoms with Crippen molar-refractivity contribution in [1.82, 2.24) is 10.2 Å². The van der Waals surface area contributed by atoms with Crippen LogP contribution in [-0.2, 0) is 9.53 Å². The van der Waals surface area contributed by atoms with E-state index in [2.05, 4.69) is 27.3 Å². The van der Waals surface area contributed by atoms with Gasteiger partial charge in [-0.3, -0.25) is 9.69 Å². The Bertz CT molecular complexity index is 797. The lowest BCUT2D eigenvalue weighted by Crippen LogP contribution is -2.55. The number of nitrogens with one attached hydrogen (secondary N) is 1. The van der Waals surface area contributed by atoms with Crippen molar-refractivity contribution in [3.8, 4) is 6.07 Å². The van der Waals surface area contributed by atoms with E-state index in [1.165, 1.54) is 4.90 Å². The number of likely N-dealkylation sites (tertiary alicyclic amines) is 1.